The zero-order valence-electron chi connectivity index (χ0n) is 70.1. The van der Waals surface area contributed by atoms with Gasteiger partial charge in [-0.3, -0.25) is 62.8 Å². The topological polar surface area (TPSA) is 529 Å². The molecule has 10 aliphatic rings. The fraction of sp³-hybridized carbons (Fsp3) is 0.366. The van der Waals surface area contributed by atoms with Gasteiger partial charge in [-0.1, -0.05) is 84.9 Å². The van der Waals surface area contributed by atoms with Gasteiger partial charge in [0.2, 0.25) is 17.3 Å². The largest absolute Gasteiger partial charge is 0.508 e. The third-order valence-corrected chi connectivity index (χ3v) is 26.3. The Morgan fingerprint density at radius 2 is 0.880 bits per heavy atom. The van der Waals surface area contributed by atoms with Crippen LogP contribution in [0.15, 0.2) is 160 Å². The average molecular weight is 1710 g/mol. The van der Waals surface area contributed by atoms with Gasteiger partial charge in [0.25, 0.3) is 17.7 Å². The van der Waals surface area contributed by atoms with Crippen molar-refractivity contribution in [2.45, 2.75) is 93.0 Å². The summed E-state index contributed by atoms with van der Waals surface area (Å²) in [6.45, 7) is 4.67. The molecule has 6 aromatic carbocycles. The maximum atomic E-state index is 14.0. The summed E-state index contributed by atoms with van der Waals surface area (Å²) in [7, 11) is 14.8. The molecule has 9 aliphatic carbocycles. The van der Waals surface area contributed by atoms with Gasteiger partial charge in [-0.15, -0.1) is 0 Å². The smallest absolute Gasteiger partial charge is 0.255 e. The summed E-state index contributed by atoms with van der Waals surface area (Å²) < 4.78 is 10.6. The maximum Gasteiger partial charge on any atom is 0.255 e. The van der Waals surface area contributed by atoms with Crippen LogP contribution in [0.2, 0.25) is 0 Å². The molecule has 0 spiro atoms. The fourth-order valence-electron chi connectivity index (χ4n) is 20.7. The Morgan fingerprint density at radius 3 is 1.28 bits per heavy atom. The van der Waals surface area contributed by atoms with Crippen molar-refractivity contribution in [1.29, 1.82) is 0 Å². The van der Waals surface area contributed by atoms with E-state index in [1.807, 2.05) is 67.5 Å². The molecule has 3 amide bonds. The molecule has 125 heavy (non-hydrogen) atoms. The van der Waals surface area contributed by atoms with Gasteiger partial charge in [0.1, 0.15) is 68.5 Å². The maximum absolute atomic E-state index is 14.0. The van der Waals surface area contributed by atoms with E-state index in [4.69, 9.17) is 26.7 Å². The molecule has 0 unspecified atom stereocenters. The SMILES string of the molecule is CN(C)Cc1cccc(-c2ccc(O)c3c2C[C@H]2C[C@H]4[C@H](N(C)C)C(=O)C(C(N)=O)=C(O)[C@@]4(O)C(=O)C2=C3O)c1.CN(C)[C@@H]1C(=O)C(C(N)=O)=C(O)[C@@]2(O)C(=O)C3=C(O)c4c(O)ccc(-c5ccc(CN6CCOCC6)cc5)c4C[C@H]3C[C@@H]12.COc1cccc(C/C=C\c2ccc(O)c3c2C[C@H]2C[C@H]4[C@H](N(C)C)C(=O)C(C(N)=O)=C(O)[C@@]4(O)C(=O)C2=C3O)c1O. The Kier molecular flexibility index (Phi) is 23.7. The van der Waals surface area contributed by atoms with Crippen LogP contribution in [0, 0.1) is 35.5 Å². The molecule has 0 aromatic heterocycles. The van der Waals surface area contributed by atoms with Gasteiger partial charge in [-0.2, -0.15) is 0 Å². The van der Waals surface area contributed by atoms with E-state index in [1.165, 1.54) is 40.0 Å². The van der Waals surface area contributed by atoms with Crippen molar-refractivity contribution in [2.75, 3.05) is 89.8 Å². The summed E-state index contributed by atoms with van der Waals surface area (Å²) in [6, 6.07) is 27.2. The molecular weight excluding hydrogens is 1610 g/mol. The van der Waals surface area contributed by atoms with Crippen LogP contribution in [-0.4, -0.2) is 268 Å². The third-order valence-electron chi connectivity index (χ3n) is 26.3. The van der Waals surface area contributed by atoms with Crippen LogP contribution in [0.5, 0.6) is 28.7 Å². The molecular formula is C93H100N8O24. The van der Waals surface area contributed by atoms with E-state index < -0.39 is 174 Å². The van der Waals surface area contributed by atoms with E-state index in [1.54, 1.807) is 90.8 Å². The number of ether oxygens (including phenoxy) is 2. The van der Waals surface area contributed by atoms with E-state index in [2.05, 4.69) is 4.90 Å². The number of aliphatic hydroxyl groups is 9. The Bertz CT molecular complexity index is 5850. The number of aromatic hydroxyl groups is 4. The van der Waals surface area contributed by atoms with E-state index in [-0.39, 0.29) is 94.9 Å². The number of para-hydroxylation sites is 1. The number of carbonyl (C=O) groups excluding carboxylic acids is 9. The number of hydrogen-bond donors (Lipinski definition) is 16. The monoisotopic (exact) mass is 1710 g/mol. The lowest BCUT2D eigenvalue weighted by molar-refractivity contribution is -0.155. The van der Waals surface area contributed by atoms with Crippen LogP contribution < -0.4 is 21.9 Å². The van der Waals surface area contributed by atoms with Crippen LogP contribution in [0.1, 0.15) is 74.9 Å². The number of ketones is 6. The molecule has 32 nitrogen and oxygen atoms in total. The number of benzene rings is 6. The first-order valence-corrected chi connectivity index (χ1v) is 40.7. The summed E-state index contributed by atoms with van der Waals surface area (Å²) in [6.07, 6.45) is 4.65. The summed E-state index contributed by atoms with van der Waals surface area (Å²) >= 11 is 0. The quantitative estimate of drug-likeness (QED) is 0.0561. The molecule has 4 fully saturated rings. The number of amides is 3. The molecule has 1 heterocycles. The number of methoxy groups -OCH3 is 1. The highest BCUT2D eigenvalue weighted by atomic mass is 16.5. The van der Waals surface area contributed by atoms with Gasteiger partial charge in [-0.25, -0.2) is 0 Å². The number of phenols is 4. The van der Waals surface area contributed by atoms with Crippen molar-refractivity contribution in [1.82, 2.24) is 24.5 Å². The van der Waals surface area contributed by atoms with Crippen molar-refractivity contribution in [3.8, 4) is 51.0 Å². The standard InChI is InChI=1S/C32H35N3O8.C31H32N2O9.C30H33N3O7/c1-34(2)26-21-14-18-13-20-19(17-5-3-16(4-6-17)15-35-9-11-43-12-10-35)7-8-22(36)24(20)27(37)23(18)29(39)32(21,42)30(40)25(28(26)38)31(33)41;1-33(2)24-18-13-16-12-17-14(6-4-7-15-8-5-9-20(42-3)25(15)35)10-11-19(34)22(17)26(36)21(16)28(38)31(18,41)29(39)23(27(24)37)30(32)40;1-32(2)13-14-6-5-7-15(10-14)17-8-9-20(34)22-18(17)11-16-12-19-24(33(3)4)26(36)23(29(31)39)28(38)30(19,40)27(37)21(16)25(22)35/h3-8,18,21,26,36-37,40,42H,9-15H2,1-2H3,(H2,33,41);4-6,8-11,16,18,24,34-36,39,41H,7,12-13H2,1-3H3,(H2,32,40);5-10,16,19,24,34-35,38,40H,11-13H2,1-4H3,(H2,31,39)/b;6-4-;/t18-,21-,26-,32-;16-,18-,24-,31-;16-,19-,24-,30-/m000/s1. The molecule has 19 N–H and O–H groups in total. The molecule has 1 aliphatic heterocycles. The number of nitrogens with two attached hydrogens (primary N) is 3. The molecule has 0 bridgehead atoms. The number of nitrogens with zero attached hydrogens (tertiary/aromatic N) is 5. The lowest BCUT2D eigenvalue weighted by atomic mass is 9.57. The lowest BCUT2D eigenvalue weighted by Gasteiger charge is -2.50. The summed E-state index contributed by atoms with van der Waals surface area (Å²) in [5.74, 6) is -19.9. The second-order valence-corrected chi connectivity index (χ2v) is 34.5. The molecule has 3 saturated carbocycles. The Balaban J connectivity index is 0.000000152. The van der Waals surface area contributed by atoms with Gasteiger partial charge in [0.15, 0.2) is 45.7 Å². The lowest BCUT2D eigenvalue weighted by Crippen LogP contribution is -2.65. The number of phenolic OH excluding ortho intramolecular Hbond substituents is 4. The molecule has 0 radical (unpaired) electrons. The molecule has 32 heteroatoms. The molecule has 1 saturated heterocycles. The van der Waals surface area contributed by atoms with Crippen LogP contribution in [0.3, 0.4) is 0 Å². The number of morpholine rings is 1. The molecule has 12 atom stereocenters. The van der Waals surface area contributed by atoms with Gasteiger partial charge in [0, 0.05) is 66.2 Å². The van der Waals surface area contributed by atoms with Crippen LogP contribution in [0.4, 0.5) is 0 Å². The van der Waals surface area contributed by atoms with E-state index >= 15 is 0 Å². The summed E-state index contributed by atoms with van der Waals surface area (Å²) in [5.41, 5.74) is 13.8. The van der Waals surface area contributed by atoms with E-state index in [0.717, 1.165) is 53.0 Å². The Hall–Kier alpha value is -12.6. The van der Waals surface area contributed by atoms with Crippen molar-refractivity contribution >= 4 is 75.8 Å². The highest BCUT2D eigenvalue weighted by molar-refractivity contribution is 6.27. The first kappa shape index (κ1) is 88.7. The predicted octanol–water partition coefficient (Wildman–Crippen LogP) is 5.09. The Labute approximate surface area is 717 Å². The number of primary amides is 3. The zero-order chi connectivity index (χ0) is 90.7. The normalized spacial score (nSPS) is 26.5. The number of fused-ring (bicyclic) bond motifs is 9. The minimum Gasteiger partial charge on any atom is -0.508 e. The number of likely N-dealkylation sites (N-methyl/N-ethyl adjacent to an activating group) is 3. The minimum atomic E-state index is -2.68. The van der Waals surface area contributed by atoms with Gasteiger partial charge in [0.05, 0.1) is 55.1 Å². The van der Waals surface area contributed by atoms with Crippen molar-refractivity contribution < 1.29 is 119 Å². The second kappa shape index (κ2) is 33.5. The van der Waals surface area contributed by atoms with Crippen molar-refractivity contribution in [2.24, 2.45) is 52.7 Å². The highest BCUT2D eigenvalue weighted by Crippen LogP contribution is 2.58. The van der Waals surface area contributed by atoms with Crippen LogP contribution >= 0.6 is 0 Å². The van der Waals surface area contributed by atoms with Crippen LogP contribution in [0.25, 0.3) is 45.6 Å². The second-order valence-electron chi connectivity index (χ2n) is 34.5. The number of allylic oxidation sites excluding steroid dienone is 1. The van der Waals surface area contributed by atoms with Crippen molar-refractivity contribution in [3.05, 3.63) is 216 Å². The van der Waals surface area contributed by atoms with Gasteiger partial charge < -0.3 is 98.0 Å². The zero-order valence-corrected chi connectivity index (χ0v) is 70.1. The first-order chi connectivity index (χ1) is 59.1. The fourth-order valence-corrected chi connectivity index (χ4v) is 20.7. The number of rotatable bonds is 16. The first-order valence-electron chi connectivity index (χ1n) is 40.7. The predicted molar refractivity (Wildman–Crippen MR) is 454 cm³/mol. The average Bonchev–Trinajstić information content (AvgIpc) is 0.706. The van der Waals surface area contributed by atoms with Gasteiger partial charge in [-0.05, 0) is 205 Å². The number of aliphatic hydroxyl groups excluding tert-OH is 6. The number of carbonyl (C=O) groups is 9. The summed E-state index contributed by atoms with van der Waals surface area (Å²) in [5, 5.41) is 145. The highest BCUT2D eigenvalue weighted by Gasteiger charge is 2.68. The molecule has 656 valence electrons. The van der Waals surface area contributed by atoms with Crippen molar-refractivity contribution in [3.63, 3.8) is 0 Å². The number of Topliss-reactive ketones (excluding diaryl/α,β-unsaturated/α-hetero) is 6. The van der Waals surface area contributed by atoms with Crippen LogP contribution in [-0.2, 0) is 86.7 Å². The summed E-state index contributed by atoms with van der Waals surface area (Å²) in [4.78, 5) is 127. The molecule has 16 rings (SSSR count). The van der Waals surface area contributed by atoms with E-state index in [0.29, 0.717) is 59.7 Å². The Morgan fingerprint density at radius 1 is 0.488 bits per heavy atom. The third kappa shape index (κ3) is 14.6. The molecule has 6 aromatic rings. The minimum absolute atomic E-state index is 0.00224. The van der Waals surface area contributed by atoms with E-state index in [9.17, 15) is 110 Å². The number of hydrogen-bond acceptors (Lipinski definition) is 29. The van der Waals surface area contributed by atoms with Gasteiger partial charge >= 0.3 is 0 Å².